The summed E-state index contributed by atoms with van der Waals surface area (Å²) in [6, 6.07) is 8.16. The number of carbonyl (C=O) groups excluding carboxylic acids is 1. The zero-order valence-corrected chi connectivity index (χ0v) is 12.5. The van der Waals surface area contributed by atoms with E-state index in [0.717, 1.165) is 17.5 Å². The van der Waals surface area contributed by atoms with E-state index in [1.54, 1.807) is 18.3 Å². The molecule has 2 aromatic rings. The fourth-order valence-corrected chi connectivity index (χ4v) is 2.62. The number of aromatic nitrogens is 1. The molecule has 0 unspecified atom stereocenters. The van der Waals surface area contributed by atoms with Gasteiger partial charge in [0.1, 0.15) is 11.5 Å². The highest BCUT2D eigenvalue weighted by Gasteiger charge is 2.44. The van der Waals surface area contributed by atoms with Gasteiger partial charge < -0.3 is 10.1 Å². The molecule has 0 saturated heterocycles. The van der Waals surface area contributed by atoms with E-state index in [1.165, 1.54) is 19.2 Å². The summed E-state index contributed by atoms with van der Waals surface area (Å²) in [4.78, 5) is 16.5. The molecule has 1 aromatic carbocycles. The van der Waals surface area contributed by atoms with Crippen LogP contribution in [0.4, 0.5) is 10.1 Å². The Labute approximate surface area is 128 Å². The third-order valence-electron chi connectivity index (χ3n) is 3.99. The first-order chi connectivity index (χ1) is 10.6. The number of amides is 1. The van der Waals surface area contributed by atoms with Crippen molar-refractivity contribution in [2.45, 2.75) is 19.3 Å². The van der Waals surface area contributed by atoms with Crippen LogP contribution in [-0.2, 0) is 4.79 Å². The standard InChI is InChI=1S/C17H17FN2O2/c1-10-7-8-19-17(22-2)15(10)20-16(21)14-9-13(14)11-3-5-12(18)6-4-11/h3-8,13-14H,9H2,1-2H3,(H,20,21)/t13-,14+/m0/s1. The van der Waals surface area contributed by atoms with E-state index in [4.69, 9.17) is 4.74 Å². The first-order valence-corrected chi connectivity index (χ1v) is 7.16. The number of aryl methyl sites for hydroxylation is 1. The lowest BCUT2D eigenvalue weighted by Gasteiger charge is -2.11. The Hall–Kier alpha value is -2.43. The molecule has 3 rings (SSSR count). The van der Waals surface area contributed by atoms with Crippen molar-refractivity contribution < 1.29 is 13.9 Å². The number of carbonyl (C=O) groups is 1. The topological polar surface area (TPSA) is 51.2 Å². The second-order valence-electron chi connectivity index (χ2n) is 5.50. The molecule has 0 bridgehead atoms. The average Bonchev–Trinajstić information content (AvgIpc) is 3.30. The molecule has 5 heteroatoms. The van der Waals surface area contributed by atoms with Crippen LogP contribution in [-0.4, -0.2) is 18.0 Å². The van der Waals surface area contributed by atoms with E-state index in [9.17, 15) is 9.18 Å². The average molecular weight is 300 g/mol. The van der Waals surface area contributed by atoms with Crippen molar-refractivity contribution in [1.82, 2.24) is 4.98 Å². The molecule has 114 valence electrons. The van der Waals surface area contributed by atoms with Crippen molar-refractivity contribution in [2.75, 3.05) is 12.4 Å². The largest absolute Gasteiger partial charge is 0.480 e. The van der Waals surface area contributed by atoms with Crippen molar-refractivity contribution in [3.8, 4) is 5.88 Å². The number of benzene rings is 1. The number of methoxy groups -OCH3 is 1. The molecule has 1 aliphatic carbocycles. The van der Waals surface area contributed by atoms with Crippen LogP contribution in [0.25, 0.3) is 0 Å². The summed E-state index contributed by atoms with van der Waals surface area (Å²) >= 11 is 0. The molecule has 0 radical (unpaired) electrons. The number of anilines is 1. The SMILES string of the molecule is COc1nccc(C)c1NC(=O)[C@@H]1C[C@H]1c1ccc(F)cc1. The Bertz CT molecular complexity index is 700. The summed E-state index contributed by atoms with van der Waals surface area (Å²) in [5.74, 6) is 0.163. The second-order valence-corrected chi connectivity index (χ2v) is 5.50. The lowest BCUT2D eigenvalue weighted by Crippen LogP contribution is -2.16. The molecule has 2 atom stereocenters. The Balaban J connectivity index is 1.71. The number of hydrogen-bond donors (Lipinski definition) is 1. The van der Waals surface area contributed by atoms with Gasteiger partial charge in [-0.3, -0.25) is 4.79 Å². The molecule has 1 fully saturated rings. The van der Waals surface area contributed by atoms with Gasteiger partial charge in [-0.2, -0.15) is 0 Å². The number of halogens is 1. The normalized spacial score (nSPS) is 19.6. The minimum atomic E-state index is -0.263. The Kier molecular flexibility index (Phi) is 3.79. The van der Waals surface area contributed by atoms with Gasteiger partial charge in [0.25, 0.3) is 0 Å². The van der Waals surface area contributed by atoms with E-state index in [1.807, 2.05) is 13.0 Å². The summed E-state index contributed by atoms with van der Waals surface area (Å²) < 4.78 is 18.1. The number of ether oxygens (including phenoxy) is 1. The smallest absolute Gasteiger partial charge is 0.237 e. The predicted molar refractivity (Wildman–Crippen MR) is 81.4 cm³/mol. The molecule has 1 aliphatic rings. The maximum Gasteiger partial charge on any atom is 0.237 e. The van der Waals surface area contributed by atoms with Crippen LogP contribution in [0.2, 0.25) is 0 Å². The minimum Gasteiger partial charge on any atom is -0.480 e. The van der Waals surface area contributed by atoms with Crippen LogP contribution in [0.1, 0.15) is 23.5 Å². The molecule has 1 saturated carbocycles. The molecule has 0 spiro atoms. The highest BCUT2D eigenvalue weighted by molar-refractivity contribution is 5.96. The number of rotatable bonds is 4. The molecule has 0 aliphatic heterocycles. The number of nitrogens with zero attached hydrogens (tertiary/aromatic N) is 1. The van der Waals surface area contributed by atoms with Gasteiger partial charge in [-0.25, -0.2) is 9.37 Å². The second kappa shape index (κ2) is 5.75. The van der Waals surface area contributed by atoms with E-state index in [2.05, 4.69) is 10.3 Å². The van der Waals surface area contributed by atoms with E-state index < -0.39 is 0 Å². The predicted octanol–water partition coefficient (Wildman–Crippen LogP) is 3.28. The van der Waals surface area contributed by atoms with Crippen molar-refractivity contribution >= 4 is 11.6 Å². The lowest BCUT2D eigenvalue weighted by atomic mass is 10.1. The number of hydrogen-bond acceptors (Lipinski definition) is 3. The van der Waals surface area contributed by atoms with Crippen molar-refractivity contribution in [2.24, 2.45) is 5.92 Å². The first-order valence-electron chi connectivity index (χ1n) is 7.16. The zero-order chi connectivity index (χ0) is 15.7. The highest BCUT2D eigenvalue weighted by Crippen LogP contribution is 2.48. The molecular weight excluding hydrogens is 283 g/mol. The zero-order valence-electron chi connectivity index (χ0n) is 12.5. The Morgan fingerprint density at radius 3 is 2.73 bits per heavy atom. The van der Waals surface area contributed by atoms with Gasteiger partial charge in [-0.05, 0) is 48.6 Å². The van der Waals surface area contributed by atoms with Crippen molar-refractivity contribution in [3.05, 3.63) is 53.5 Å². The lowest BCUT2D eigenvalue weighted by molar-refractivity contribution is -0.117. The minimum absolute atomic E-state index is 0.0521. The molecule has 22 heavy (non-hydrogen) atoms. The van der Waals surface area contributed by atoms with Crippen molar-refractivity contribution in [3.63, 3.8) is 0 Å². The highest BCUT2D eigenvalue weighted by atomic mass is 19.1. The van der Waals surface area contributed by atoms with Gasteiger partial charge in [0, 0.05) is 12.1 Å². The Morgan fingerprint density at radius 2 is 2.05 bits per heavy atom. The fraction of sp³-hybridized carbons (Fsp3) is 0.294. The monoisotopic (exact) mass is 300 g/mol. The third-order valence-corrected chi connectivity index (χ3v) is 3.99. The van der Waals surface area contributed by atoms with Gasteiger partial charge in [0.15, 0.2) is 0 Å². The van der Waals surface area contributed by atoms with Crippen LogP contribution in [0.15, 0.2) is 36.5 Å². The van der Waals surface area contributed by atoms with Gasteiger partial charge in [-0.15, -0.1) is 0 Å². The van der Waals surface area contributed by atoms with Crippen LogP contribution in [0, 0.1) is 18.7 Å². The maximum atomic E-state index is 12.9. The molecule has 1 amide bonds. The maximum absolute atomic E-state index is 12.9. The molecular formula is C17H17FN2O2. The molecule has 4 nitrogen and oxygen atoms in total. The summed E-state index contributed by atoms with van der Waals surface area (Å²) in [6.07, 6.45) is 2.42. The first kappa shape index (κ1) is 14.5. The van der Waals surface area contributed by atoms with Gasteiger partial charge >= 0.3 is 0 Å². The molecule has 1 aromatic heterocycles. The van der Waals surface area contributed by atoms with Gasteiger partial charge in [0.2, 0.25) is 11.8 Å². The van der Waals surface area contributed by atoms with Crippen LogP contribution in [0.3, 0.4) is 0 Å². The van der Waals surface area contributed by atoms with E-state index >= 15 is 0 Å². The van der Waals surface area contributed by atoms with Crippen LogP contribution < -0.4 is 10.1 Å². The fourth-order valence-electron chi connectivity index (χ4n) is 2.62. The van der Waals surface area contributed by atoms with Crippen molar-refractivity contribution in [1.29, 1.82) is 0 Å². The number of nitrogens with one attached hydrogen (secondary N) is 1. The number of pyridine rings is 1. The summed E-state index contributed by atoms with van der Waals surface area (Å²) in [5.41, 5.74) is 2.51. The Morgan fingerprint density at radius 1 is 1.32 bits per heavy atom. The van der Waals surface area contributed by atoms with Crippen LogP contribution in [0.5, 0.6) is 5.88 Å². The van der Waals surface area contributed by atoms with Gasteiger partial charge in [-0.1, -0.05) is 12.1 Å². The van der Waals surface area contributed by atoms with E-state index in [-0.39, 0.29) is 23.6 Å². The molecule has 1 heterocycles. The summed E-state index contributed by atoms with van der Waals surface area (Å²) in [7, 11) is 1.52. The third kappa shape index (κ3) is 2.79. The quantitative estimate of drug-likeness (QED) is 0.942. The summed E-state index contributed by atoms with van der Waals surface area (Å²) in [5, 5.41) is 2.90. The molecule has 1 N–H and O–H groups in total. The van der Waals surface area contributed by atoms with Crippen LogP contribution >= 0.6 is 0 Å². The van der Waals surface area contributed by atoms with E-state index in [0.29, 0.717) is 11.6 Å². The summed E-state index contributed by atoms with van der Waals surface area (Å²) in [6.45, 7) is 1.89. The van der Waals surface area contributed by atoms with Gasteiger partial charge in [0.05, 0.1) is 7.11 Å².